The molecule has 0 fully saturated rings. The Morgan fingerprint density at radius 3 is 1.82 bits per heavy atom. The van der Waals surface area contributed by atoms with Crippen LogP contribution in [-0.2, 0) is 15.9 Å². The van der Waals surface area contributed by atoms with Crippen molar-refractivity contribution in [2.45, 2.75) is 78.4 Å². The fourth-order valence-electron chi connectivity index (χ4n) is 5.21. The average Bonchev–Trinajstić information content (AvgIpc) is 2.93. The van der Waals surface area contributed by atoms with E-state index in [0.29, 0.717) is 0 Å². The Bertz CT molecular complexity index is 1120. The second-order valence-corrected chi connectivity index (χ2v) is 14.3. The van der Waals surface area contributed by atoms with Crippen LogP contribution < -0.4 is 15.9 Å². The molecule has 0 saturated carbocycles. The minimum atomic E-state index is -2.30. The highest BCUT2D eigenvalue weighted by molar-refractivity contribution is 8.15. The Morgan fingerprint density at radius 1 is 0.684 bits per heavy atom. The Balaban J connectivity index is 1.67. The smallest absolute Gasteiger partial charge is 0.211 e. The van der Waals surface area contributed by atoms with Crippen LogP contribution in [0.15, 0.2) is 78.9 Å². The molecule has 0 spiro atoms. The molecule has 0 aliphatic heterocycles. The molecular formula is C34H45ClO2P+. The first-order valence-electron chi connectivity index (χ1n) is 13.9. The highest BCUT2D eigenvalue weighted by Gasteiger charge is 2.48. The van der Waals surface area contributed by atoms with Gasteiger partial charge in [0.25, 0.3) is 0 Å². The van der Waals surface area contributed by atoms with Gasteiger partial charge in [-0.1, -0.05) is 67.1 Å². The minimum absolute atomic E-state index is 0.0629. The van der Waals surface area contributed by atoms with E-state index in [0.717, 1.165) is 38.5 Å². The molecule has 0 aromatic heterocycles. The van der Waals surface area contributed by atoms with Crippen LogP contribution in [0.5, 0.6) is 0 Å². The lowest BCUT2D eigenvalue weighted by Crippen LogP contribution is -2.32. The van der Waals surface area contributed by atoms with Crippen LogP contribution in [0, 0.1) is 20.8 Å². The van der Waals surface area contributed by atoms with Crippen LogP contribution in [0.3, 0.4) is 0 Å². The number of ether oxygens (including phenoxy) is 2. The van der Waals surface area contributed by atoms with E-state index in [1.54, 1.807) is 14.2 Å². The summed E-state index contributed by atoms with van der Waals surface area (Å²) in [6.45, 7) is 4.35. The van der Waals surface area contributed by atoms with Crippen LogP contribution >= 0.6 is 17.9 Å². The summed E-state index contributed by atoms with van der Waals surface area (Å²) in [7, 11) is 3.41. The van der Waals surface area contributed by atoms with Crippen molar-refractivity contribution in [3.8, 4) is 0 Å². The number of unbranched alkanes of at least 4 members (excludes halogenated alkanes) is 4. The lowest BCUT2D eigenvalue weighted by molar-refractivity contribution is -0.107. The molecule has 0 heterocycles. The van der Waals surface area contributed by atoms with Crippen molar-refractivity contribution in [1.29, 1.82) is 0 Å². The molecule has 0 bridgehead atoms. The fraction of sp³-hybridized carbons (Fsp3) is 0.412. The molecule has 38 heavy (non-hydrogen) atoms. The lowest BCUT2D eigenvalue weighted by atomic mass is 10.0. The highest BCUT2D eigenvalue weighted by Crippen LogP contribution is 2.62. The molecule has 3 aromatic rings. The number of rotatable bonds is 15. The third-order valence-electron chi connectivity index (χ3n) is 7.46. The normalized spacial score (nSPS) is 12.1. The number of halogens is 1. The summed E-state index contributed by atoms with van der Waals surface area (Å²) in [5, 5.41) is 3.82. The van der Waals surface area contributed by atoms with Gasteiger partial charge in [0.05, 0.1) is 0 Å². The summed E-state index contributed by atoms with van der Waals surface area (Å²) in [6.07, 6.45) is 13.6. The third-order valence-corrected chi connectivity index (χ3v) is 12.6. The number of methoxy groups -OCH3 is 2. The Kier molecular flexibility index (Phi) is 12.5. The van der Waals surface area contributed by atoms with Crippen molar-refractivity contribution in [1.82, 2.24) is 0 Å². The molecule has 0 saturated heterocycles. The van der Waals surface area contributed by atoms with Crippen molar-refractivity contribution in [3.05, 3.63) is 101 Å². The first kappa shape index (κ1) is 30.6. The van der Waals surface area contributed by atoms with Crippen molar-refractivity contribution < 1.29 is 9.47 Å². The molecule has 4 heteroatoms. The van der Waals surface area contributed by atoms with E-state index >= 15 is 0 Å². The first-order chi connectivity index (χ1) is 18.4. The SMILES string of the molecule is COC(CCCCC/C=C/CCCc1cccc([P+](Cl)(c2ccccc2C)c2ccccc2C)c1C)OC. The summed E-state index contributed by atoms with van der Waals surface area (Å²) in [5.41, 5.74) is 5.27. The van der Waals surface area contributed by atoms with E-state index in [4.69, 9.17) is 20.7 Å². The van der Waals surface area contributed by atoms with Gasteiger partial charge in [0.1, 0.15) is 27.2 Å². The first-order valence-corrected chi connectivity index (χ1v) is 16.6. The van der Waals surface area contributed by atoms with Gasteiger partial charge in [-0.3, -0.25) is 0 Å². The highest BCUT2D eigenvalue weighted by atomic mass is 35.7. The van der Waals surface area contributed by atoms with Gasteiger partial charge < -0.3 is 9.47 Å². The maximum Gasteiger partial charge on any atom is 0.211 e. The predicted octanol–water partition coefficient (Wildman–Crippen LogP) is 8.51. The molecule has 0 amide bonds. The molecular weight excluding hydrogens is 507 g/mol. The number of aryl methyl sites for hydroxylation is 3. The molecule has 0 unspecified atom stereocenters. The van der Waals surface area contributed by atoms with E-state index in [-0.39, 0.29) is 6.29 Å². The predicted molar refractivity (Wildman–Crippen MR) is 168 cm³/mol. The standard InChI is InChI=1S/C34H45ClO2P/c1-27-19-14-16-23-31(27)38(35,32-24-17-15-20-28(32)2)33-25-18-22-30(29(33)3)21-12-10-8-6-7-9-11-13-26-34(36-4)37-5/h6,8,14-20,22-25,34H,7,9-13,21,26H2,1-5H3/q+1/b8-6+. The van der Waals surface area contributed by atoms with Gasteiger partial charge in [-0.15, -0.1) is 0 Å². The van der Waals surface area contributed by atoms with Crippen molar-refractivity contribution in [2.24, 2.45) is 0 Å². The van der Waals surface area contributed by atoms with E-state index in [1.165, 1.54) is 51.0 Å². The Labute approximate surface area is 236 Å². The quantitative estimate of drug-likeness (QED) is 0.0815. The summed E-state index contributed by atoms with van der Waals surface area (Å²) in [4.78, 5) is 0. The summed E-state index contributed by atoms with van der Waals surface area (Å²) >= 11 is 7.88. The molecule has 0 aliphatic carbocycles. The minimum Gasteiger partial charge on any atom is -0.356 e. The number of hydrogen-bond acceptors (Lipinski definition) is 2. The molecule has 3 rings (SSSR count). The van der Waals surface area contributed by atoms with Crippen LogP contribution in [0.4, 0.5) is 0 Å². The van der Waals surface area contributed by atoms with Crippen molar-refractivity contribution >= 4 is 33.8 Å². The molecule has 2 nitrogen and oxygen atoms in total. The molecule has 204 valence electrons. The lowest BCUT2D eigenvalue weighted by Gasteiger charge is -2.24. The van der Waals surface area contributed by atoms with Gasteiger partial charge in [0.15, 0.2) is 6.29 Å². The van der Waals surface area contributed by atoms with E-state index < -0.39 is 6.62 Å². The topological polar surface area (TPSA) is 18.5 Å². The third kappa shape index (κ3) is 7.80. The van der Waals surface area contributed by atoms with Gasteiger partial charge in [0, 0.05) is 14.2 Å². The monoisotopic (exact) mass is 551 g/mol. The number of allylic oxidation sites excluding steroid dienone is 2. The van der Waals surface area contributed by atoms with Crippen LogP contribution in [0.2, 0.25) is 0 Å². The summed E-state index contributed by atoms with van der Waals surface area (Å²) in [5.74, 6) is 0. The van der Waals surface area contributed by atoms with Crippen molar-refractivity contribution in [2.75, 3.05) is 14.2 Å². The maximum atomic E-state index is 7.88. The van der Waals surface area contributed by atoms with Crippen molar-refractivity contribution in [3.63, 3.8) is 0 Å². The maximum absolute atomic E-state index is 7.88. The molecule has 0 N–H and O–H groups in total. The Hall–Kier alpha value is -1.96. The average molecular weight is 552 g/mol. The zero-order valence-electron chi connectivity index (χ0n) is 23.9. The van der Waals surface area contributed by atoms with Crippen LogP contribution in [0.1, 0.15) is 67.2 Å². The zero-order valence-corrected chi connectivity index (χ0v) is 25.5. The number of benzene rings is 3. The molecule has 0 atom stereocenters. The van der Waals surface area contributed by atoms with Gasteiger partial charge in [-0.05, 0) is 106 Å². The fourth-order valence-corrected chi connectivity index (χ4v) is 10.3. The van der Waals surface area contributed by atoms with Gasteiger partial charge in [0.2, 0.25) is 6.62 Å². The second kappa shape index (κ2) is 15.6. The van der Waals surface area contributed by atoms with E-state index in [9.17, 15) is 0 Å². The van der Waals surface area contributed by atoms with E-state index in [1.807, 2.05) is 0 Å². The summed E-state index contributed by atoms with van der Waals surface area (Å²) in [6, 6.07) is 24.0. The molecule has 3 aromatic carbocycles. The molecule has 0 radical (unpaired) electrons. The van der Waals surface area contributed by atoms with Gasteiger partial charge >= 0.3 is 0 Å². The van der Waals surface area contributed by atoms with Gasteiger partial charge in [-0.25, -0.2) is 0 Å². The van der Waals surface area contributed by atoms with E-state index in [2.05, 4.69) is 99.7 Å². The van der Waals surface area contributed by atoms with Crippen LogP contribution in [-0.4, -0.2) is 20.5 Å². The second-order valence-electron chi connectivity index (χ2n) is 10.1. The zero-order chi connectivity index (χ0) is 27.4. The number of hydrogen-bond donors (Lipinski definition) is 0. The summed E-state index contributed by atoms with van der Waals surface area (Å²) < 4.78 is 10.5. The largest absolute Gasteiger partial charge is 0.356 e. The van der Waals surface area contributed by atoms with Gasteiger partial charge in [-0.2, -0.15) is 0 Å². The Morgan fingerprint density at radius 2 is 1.24 bits per heavy atom. The molecule has 0 aliphatic rings. The van der Waals surface area contributed by atoms with Crippen LogP contribution in [0.25, 0.3) is 0 Å².